The van der Waals surface area contributed by atoms with Gasteiger partial charge in [-0.25, -0.2) is 9.13 Å². The van der Waals surface area contributed by atoms with Gasteiger partial charge < -0.3 is 33.8 Å². The highest BCUT2D eigenvalue weighted by atomic mass is 31.2. The third-order valence-electron chi connectivity index (χ3n) is 16.8. The van der Waals surface area contributed by atoms with Gasteiger partial charge in [-0.1, -0.05) is 324 Å². The predicted molar refractivity (Wildman–Crippen MR) is 368 cm³/mol. The molecule has 0 fully saturated rings. The number of hydrogen-bond donors (Lipinski definition) is 3. The van der Waals surface area contributed by atoms with Crippen LogP contribution in [0, 0.1) is 5.92 Å². The Morgan fingerprint density at radius 2 is 0.505 bits per heavy atom. The fourth-order valence-corrected chi connectivity index (χ4v) is 12.6. The van der Waals surface area contributed by atoms with E-state index in [1.54, 1.807) is 0 Å². The van der Waals surface area contributed by atoms with E-state index in [1.165, 1.54) is 193 Å². The molecule has 0 heterocycles. The summed E-state index contributed by atoms with van der Waals surface area (Å²) in [7, 11) is -9.90. The lowest BCUT2D eigenvalue weighted by Crippen LogP contribution is -2.30. The molecule has 0 bridgehead atoms. The van der Waals surface area contributed by atoms with Gasteiger partial charge in [0.05, 0.1) is 26.4 Å². The van der Waals surface area contributed by atoms with Gasteiger partial charge in [0, 0.05) is 25.7 Å². The monoisotopic (exact) mass is 1340 g/mol. The highest BCUT2D eigenvalue weighted by Gasteiger charge is 2.30. The molecule has 0 aromatic carbocycles. The molecule has 3 N–H and O–H groups in total. The molecule has 0 radical (unpaired) electrons. The van der Waals surface area contributed by atoms with Crippen molar-refractivity contribution < 1.29 is 80.2 Å². The Balaban J connectivity index is 5.19. The smallest absolute Gasteiger partial charge is 0.462 e. The number of carbonyl (C=O) groups excluding carboxylic acids is 4. The topological polar surface area (TPSA) is 237 Å². The van der Waals surface area contributed by atoms with Crippen molar-refractivity contribution in [3.8, 4) is 0 Å². The molecule has 5 atom stereocenters. The highest BCUT2D eigenvalue weighted by Crippen LogP contribution is 2.45. The average molecular weight is 1340 g/mol. The van der Waals surface area contributed by atoms with Crippen LogP contribution in [0.5, 0.6) is 0 Å². The Labute approximate surface area is 556 Å². The number of rotatable bonds is 72. The lowest BCUT2D eigenvalue weighted by molar-refractivity contribution is -0.161. The molecule has 91 heavy (non-hydrogen) atoms. The van der Waals surface area contributed by atoms with Crippen LogP contribution >= 0.6 is 15.6 Å². The quantitative estimate of drug-likeness (QED) is 0.0222. The first-order valence-electron chi connectivity index (χ1n) is 37.6. The molecule has 19 heteroatoms. The molecule has 0 aliphatic carbocycles. The summed E-state index contributed by atoms with van der Waals surface area (Å²) in [6.07, 6.45) is 52.9. The van der Waals surface area contributed by atoms with Gasteiger partial charge >= 0.3 is 39.5 Å². The van der Waals surface area contributed by atoms with Gasteiger partial charge in [0.15, 0.2) is 12.2 Å². The number of ether oxygens (including phenoxy) is 4. The van der Waals surface area contributed by atoms with Crippen LogP contribution in [-0.4, -0.2) is 96.7 Å². The van der Waals surface area contributed by atoms with Gasteiger partial charge in [0.2, 0.25) is 0 Å². The molecule has 0 aliphatic heterocycles. The van der Waals surface area contributed by atoms with Crippen LogP contribution in [0.2, 0.25) is 0 Å². The van der Waals surface area contributed by atoms with Crippen LogP contribution in [0.15, 0.2) is 0 Å². The SMILES string of the molecule is CCCCCCCCCCCCCCCCCCCCCC(=O)O[C@H](COC(=O)CCCCCCCCCCCCCCC)COP(=O)(O)OC[C@@H](O)COP(=O)(O)OC[C@@H](COC(=O)CCCCCCCCC(C)C)OC(=O)CCCCCCCCCCCC. The summed E-state index contributed by atoms with van der Waals surface area (Å²) in [5.74, 6) is -1.44. The number of aliphatic hydroxyl groups excluding tert-OH is 1. The zero-order valence-electron chi connectivity index (χ0n) is 59.0. The maximum atomic E-state index is 13.0. The van der Waals surface area contributed by atoms with Crippen LogP contribution < -0.4 is 0 Å². The van der Waals surface area contributed by atoms with Crippen molar-refractivity contribution in [3.63, 3.8) is 0 Å². The zero-order chi connectivity index (χ0) is 67.0. The molecule has 0 aliphatic rings. The van der Waals surface area contributed by atoms with E-state index in [4.69, 9.17) is 37.0 Å². The standard InChI is InChI=1S/C72H140O17P2/c1-6-9-12-15-18-21-24-26-27-28-29-30-31-33-35-38-41-48-53-58-72(77)88-67(61-82-69(74)55-50-45-39-37-34-32-25-22-19-16-13-10-7-2)63-86-90(78,79)84-59-66(73)60-85-91(80,81)87-64-68(62-83-70(75)56-51-46-43-42-44-49-54-65(4)5)89-71(76)57-52-47-40-36-23-20-17-14-11-8-3/h65-68,73H,6-64H2,1-5H3,(H,78,79)(H,80,81)/t66-,67-,68-/m1/s1. The molecule has 0 saturated heterocycles. The van der Waals surface area contributed by atoms with E-state index in [-0.39, 0.29) is 25.7 Å². The Hall–Kier alpha value is -1.94. The molecule has 0 spiro atoms. The fourth-order valence-electron chi connectivity index (χ4n) is 11.0. The summed E-state index contributed by atoms with van der Waals surface area (Å²) in [6, 6.07) is 0. The number of unbranched alkanes of at least 4 members (excludes halogenated alkanes) is 44. The van der Waals surface area contributed by atoms with Crippen molar-refractivity contribution in [1.29, 1.82) is 0 Å². The van der Waals surface area contributed by atoms with Gasteiger partial charge in [-0.3, -0.25) is 37.3 Å². The van der Waals surface area contributed by atoms with E-state index in [2.05, 4.69) is 34.6 Å². The van der Waals surface area contributed by atoms with Crippen molar-refractivity contribution in [1.82, 2.24) is 0 Å². The first-order valence-corrected chi connectivity index (χ1v) is 40.6. The van der Waals surface area contributed by atoms with Gasteiger partial charge in [-0.2, -0.15) is 0 Å². The first kappa shape index (κ1) is 89.1. The molecule has 17 nitrogen and oxygen atoms in total. The second-order valence-electron chi connectivity index (χ2n) is 26.5. The maximum absolute atomic E-state index is 13.0. The van der Waals surface area contributed by atoms with Crippen molar-refractivity contribution in [2.45, 2.75) is 393 Å². The number of hydrogen-bond acceptors (Lipinski definition) is 15. The van der Waals surface area contributed by atoms with Crippen LogP contribution in [0.25, 0.3) is 0 Å². The minimum atomic E-state index is -4.95. The highest BCUT2D eigenvalue weighted by molar-refractivity contribution is 7.47. The Bertz CT molecular complexity index is 1750. The largest absolute Gasteiger partial charge is 0.472 e. The van der Waals surface area contributed by atoms with Crippen molar-refractivity contribution in [2.75, 3.05) is 39.6 Å². The lowest BCUT2D eigenvalue weighted by atomic mass is 10.0. The number of esters is 4. The summed E-state index contributed by atoms with van der Waals surface area (Å²) in [4.78, 5) is 72.5. The molecule has 540 valence electrons. The second-order valence-corrected chi connectivity index (χ2v) is 29.4. The van der Waals surface area contributed by atoms with Crippen LogP contribution in [0.1, 0.15) is 375 Å². The number of carbonyl (C=O) groups is 4. The average Bonchev–Trinajstić information content (AvgIpc) is 3.72. The van der Waals surface area contributed by atoms with Gasteiger partial charge in [-0.05, 0) is 31.6 Å². The normalized spacial score (nSPS) is 14.0. The second kappa shape index (κ2) is 65.4. The third kappa shape index (κ3) is 66.5. The third-order valence-corrected chi connectivity index (χ3v) is 18.7. The summed E-state index contributed by atoms with van der Waals surface area (Å²) in [6.45, 7) is 7.17. The summed E-state index contributed by atoms with van der Waals surface area (Å²) in [5, 5.41) is 10.6. The number of phosphoric acid groups is 2. The van der Waals surface area contributed by atoms with E-state index < -0.39 is 97.5 Å². The first-order chi connectivity index (χ1) is 44.0. The molecular weight excluding hydrogens is 1200 g/mol. The molecule has 2 unspecified atom stereocenters. The Morgan fingerprint density at radius 1 is 0.297 bits per heavy atom. The lowest BCUT2D eigenvalue weighted by Gasteiger charge is -2.21. The van der Waals surface area contributed by atoms with E-state index in [9.17, 15) is 43.2 Å². The number of phosphoric ester groups is 2. The van der Waals surface area contributed by atoms with Gasteiger partial charge in [0.1, 0.15) is 19.3 Å². The molecule has 0 rings (SSSR count). The summed E-state index contributed by atoms with van der Waals surface area (Å²) in [5.41, 5.74) is 0. The fraction of sp³-hybridized carbons (Fsp3) is 0.944. The van der Waals surface area contributed by atoms with E-state index in [0.29, 0.717) is 31.6 Å². The predicted octanol–water partition coefficient (Wildman–Crippen LogP) is 20.9. The minimum Gasteiger partial charge on any atom is -0.462 e. The summed E-state index contributed by atoms with van der Waals surface area (Å²) < 4.78 is 68.3. The Morgan fingerprint density at radius 3 is 0.747 bits per heavy atom. The molecule has 0 amide bonds. The van der Waals surface area contributed by atoms with Gasteiger partial charge in [0.25, 0.3) is 0 Å². The van der Waals surface area contributed by atoms with Crippen molar-refractivity contribution >= 4 is 39.5 Å². The van der Waals surface area contributed by atoms with E-state index >= 15 is 0 Å². The zero-order valence-corrected chi connectivity index (χ0v) is 60.8. The van der Waals surface area contributed by atoms with Crippen LogP contribution in [-0.2, 0) is 65.4 Å². The van der Waals surface area contributed by atoms with Crippen molar-refractivity contribution in [2.24, 2.45) is 5.92 Å². The number of aliphatic hydroxyl groups is 1. The molecule has 0 aromatic rings. The summed E-state index contributed by atoms with van der Waals surface area (Å²) >= 11 is 0. The maximum Gasteiger partial charge on any atom is 0.472 e. The van der Waals surface area contributed by atoms with E-state index in [0.717, 1.165) is 96.3 Å². The van der Waals surface area contributed by atoms with Gasteiger partial charge in [-0.15, -0.1) is 0 Å². The molecule has 0 aromatic heterocycles. The molecular formula is C72H140O17P2. The van der Waals surface area contributed by atoms with Crippen LogP contribution in [0.4, 0.5) is 0 Å². The van der Waals surface area contributed by atoms with Crippen LogP contribution in [0.3, 0.4) is 0 Å². The minimum absolute atomic E-state index is 0.106. The van der Waals surface area contributed by atoms with E-state index in [1.807, 2.05) is 0 Å². The molecule has 0 saturated carbocycles. The Kier molecular flexibility index (Phi) is 64.0. The van der Waals surface area contributed by atoms with Crippen molar-refractivity contribution in [3.05, 3.63) is 0 Å².